The second-order valence-corrected chi connectivity index (χ2v) is 6.18. The minimum atomic E-state index is 0.744. The molecule has 0 radical (unpaired) electrons. The minimum absolute atomic E-state index is 0.744. The largest absolute Gasteiger partial charge is 0.497 e. The highest BCUT2D eigenvalue weighted by atomic mass is 32.2. The van der Waals surface area contributed by atoms with Crippen LogP contribution in [0.4, 0.5) is 0 Å². The van der Waals surface area contributed by atoms with E-state index in [1.165, 1.54) is 11.8 Å². The topological polar surface area (TPSA) is 52.3 Å². The van der Waals surface area contributed by atoms with Crippen molar-refractivity contribution >= 4 is 17.3 Å². The molecule has 5 nitrogen and oxygen atoms in total. The summed E-state index contributed by atoms with van der Waals surface area (Å²) in [7, 11) is 1.66. The van der Waals surface area contributed by atoms with E-state index in [0.29, 0.717) is 0 Å². The number of hydrogen-bond acceptors (Lipinski definition) is 5. The number of pyridine rings is 1. The number of methoxy groups -OCH3 is 1. The molecule has 25 heavy (non-hydrogen) atoms. The van der Waals surface area contributed by atoms with Gasteiger partial charge in [0.2, 0.25) is 0 Å². The van der Waals surface area contributed by atoms with Gasteiger partial charge in [-0.15, -0.1) is 0 Å². The Balaban J connectivity index is 1.97. The molecular weight excluding hydrogens is 332 g/mol. The summed E-state index contributed by atoms with van der Waals surface area (Å²) in [4.78, 5) is 8.96. The standard InChI is InChI=1S/C19H16N4OS/c1-24-14-8-6-13(7-9-14)18-17(15-10-11-20-19(21-15)25-2)16-5-3-4-12-23(16)22-18/h3-12H,1-2H3. The van der Waals surface area contributed by atoms with Gasteiger partial charge in [-0.2, -0.15) is 5.10 Å². The van der Waals surface area contributed by atoms with E-state index >= 15 is 0 Å². The van der Waals surface area contributed by atoms with Crippen molar-refractivity contribution in [2.45, 2.75) is 5.16 Å². The maximum atomic E-state index is 5.26. The molecule has 1 aromatic carbocycles. The summed E-state index contributed by atoms with van der Waals surface area (Å²) in [5.74, 6) is 0.820. The summed E-state index contributed by atoms with van der Waals surface area (Å²) in [6.45, 7) is 0. The molecule has 124 valence electrons. The maximum absolute atomic E-state index is 5.26. The van der Waals surface area contributed by atoms with Gasteiger partial charge in [-0.3, -0.25) is 0 Å². The molecule has 0 N–H and O–H groups in total. The zero-order valence-electron chi connectivity index (χ0n) is 13.9. The number of rotatable bonds is 4. The normalized spacial score (nSPS) is 11.0. The van der Waals surface area contributed by atoms with Crippen molar-refractivity contribution in [2.24, 2.45) is 0 Å². The zero-order valence-corrected chi connectivity index (χ0v) is 14.7. The summed E-state index contributed by atoms with van der Waals surface area (Å²) in [5.41, 5.74) is 4.79. The lowest BCUT2D eigenvalue weighted by atomic mass is 10.0. The van der Waals surface area contributed by atoms with Crippen LogP contribution in [0.25, 0.3) is 28.0 Å². The number of nitrogens with zero attached hydrogens (tertiary/aromatic N) is 4. The first-order valence-corrected chi connectivity index (χ1v) is 9.02. The van der Waals surface area contributed by atoms with E-state index in [9.17, 15) is 0 Å². The Bertz CT molecular complexity index is 1030. The molecule has 0 fully saturated rings. The van der Waals surface area contributed by atoms with Crippen LogP contribution in [-0.4, -0.2) is 32.9 Å². The van der Waals surface area contributed by atoms with Gasteiger partial charge in [-0.1, -0.05) is 17.8 Å². The Morgan fingerprint density at radius 3 is 2.64 bits per heavy atom. The first-order chi connectivity index (χ1) is 12.3. The van der Waals surface area contributed by atoms with Crippen LogP contribution in [0.1, 0.15) is 0 Å². The smallest absolute Gasteiger partial charge is 0.187 e. The van der Waals surface area contributed by atoms with Crippen LogP contribution in [0.2, 0.25) is 0 Å². The zero-order chi connectivity index (χ0) is 17.2. The van der Waals surface area contributed by atoms with Gasteiger partial charge < -0.3 is 4.74 Å². The molecule has 4 aromatic rings. The number of thioether (sulfide) groups is 1. The van der Waals surface area contributed by atoms with Crippen molar-refractivity contribution in [3.63, 3.8) is 0 Å². The summed E-state index contributed by atoms with van der Waals surface area (Å²) in [5, 5.41) is 5.52. The van der Waals surface area contributed by atoms with Gasteiger partial charge in [-0.25, -0.2) is 14.5 Å². The molecule has 0 bridgehead atoms. The second-order valence-electron chi connectivity index (χ2n) is 5.41. The average Bonchev–Trinajstić information content (AvgIpc) is 3.07. The number of fused-ring (bicyclic) bond motifs is 1. The van der Waals surface area contributed by atoms with Crippen LogP contribution < -0.4 is 4.74 Å². The predicted molar refractivity (Wildman–Crippen MR) is 100.0 cm³/mol. The highest BCUT2D eigenvalue weighted by Crippen LogP contribution is 2.35. The summed E-state index contributed by atoms with van der Waals surface area (Å²) < 4.78 is 7.14. The molecule has 0 saturated carbocycles. The molecule has 0 saturated heterocycles. The molecule has 0 atom stereocenters. The molecular formula is C19H16N4OS. The number of benzene rings is 1. The van der Waals surface area contributed by atoms with E-state index in [1.54, 1.807) is 13.3 Å². The van der Waals surface area contributed by atoms with E-state index < -0.39 is 0 Å². The highest BCUT2D eigenvalue weighted by Gasteiger charge is 2.17. The Morgan fingerprint density at radius 1 is 1.04 bits per heavy atom. The molecule has 0 aliphatic heterocycles. The maximum Gasteiger partial charge on any atom is 0.187 e. The lowest BCUT2D eigenvalue weighted by molar-refractivity contribution is 0.415. The van der Waals surface area contributed by atoms with E-state index in [-0.39, 0.29) is 0 Å². The summed E-state index contributed by atoms with van der Waals surface area (Å²) in [6.07, 6.45) is 5.71. The fourth-order valence-corrected chi connectivity index (χ4v) is 3.14. The second kappa shape index (κ2) is 6.57. The van der Waals surface area contributed by atoms with Gasteiger partial charge in [-0.05, 0) is 48.7 Å². The van der Waals surface area contributed by atoms with Crippen molar-refractivity contribution in [1.82, 2.24) is 19.6 Å². The van der Waals surface area contributed by atoms with Gasteiger partial charge in [0.05, 0.1) is 23.9 Å². The van der Waals surface area contributed by atoms with Gasteiger partial charge in [0.1, 0.15) is 11.4 Å². The van der Waals surface area contributed by atoms with Crippen molar-refractivity contribution in [2.75, 3.05) is 13.4 Å². The minimum Gasteiger partial charge on any atom is -0.497 e. The summed E-state index contributed by atoms with van der Waals surface area (Å²) >= 11 is 1.53. The monoisotopic (exact) mass is 348 g/mol. The Morgan fingerprint density at radius 2 is 1.88 bits per heavy atom. The molecule has 0 aliphatic carbocycles. The quantitative estimate of drug-likeness (QED) is 0.409. The molecule has 0 amide bonds. The van der Waals surface area contributed by atoms with Gasteiger partial charge >= 0.3 is 0 Å². The van der Waals surface area contributed by atoms with E-state index in [4.69, 9.17) is 9.84 Å². The van der Waals surface area contributed by atoms with Gasteiger partial charge in [0.25, 0.3) is 0 Å². The van der Waals surface area contributed by atoms with Crippen LogP contribution in [0.5, 0.6) is 5.75 Å². The first-order valence-electron chi connectivity index (χ1n) is 7.79. The van der Waals surface area contributed by atoms with Crippen molar-refractivity contribution in [3.8, 4) is 28.3 Å². The molecule has 0 spiro atoms. The Hall–Kier alpha value is -2.86. The fraction of sp³-hybridized carbons (Fsp3) is 0.105. The van der Waals surface area contributed by atoms with E-state index in [2.05, 4.69) is 16.0 Å². The third kappa shape index (κ3) is 2.85. The van der Waals surface area contributed by atoms with Crippen molar-refractivity contribution in [1.29, 1.82) is 0 Å². The molecule has 0 unspecified atom stereocenters. The molecule has 4 rings (SSSR count). The van der Waals surface area contributed by atoms with Crippen LogP contribution in [-0.2, 0) is 0 Å². The number of hydrogen-bond donors (Lipinski definition) is 0. The molecule has 3 aromatic heterocycles. The number of ether oxygens (including phenoxy) is 1. The van der Waals surface area contributed by atoms with Crippen LogP contribution in [0.3, 0.4) is 0 Å². The van der Waals surface area contributed by atoms with Gasteiger partial charge in [0.15, 0.2) is 5.16 Å². The molecule has 6 heteroatoms. The Labute approximate surface area is 149 Å². The Kier molecular flexibility index (Phi) is 4.11. The van der Waals surface area contributed by atoms with E-state index in [1.807, 2.05) is 59.4 Å². The SMILES string of the molecule is COc1ccc(-c2nn3ccccc3c2-c2ccnc(SC)n2)cc1. The molecule has 0 aliphatic rings. The van der Waals surface area contributed by atoms with Crippen molar-refractivity contribution < 1.29 is 4.74 Å². The lowest BCUT2D eigenvalue weighted by Gasteiger charge is -2.05. The van der Waals surface area contributed by atoms with Crippen LogP contribution in [0, 0.1) is 0 Å². The highest BCUT2D eigenvalue weighted by molar-refractivity contribution is 7.98. The first kappa shape index (κ1) is 15.7. The van der Waals surface area contributed by atoms with Crippen molar-refractivity contribution in [3.05, 3.63) is 60.9 Å². The van der Waals surface area contributed by atoms with Gasteiger partial charge in [0, 0.05) is 18.0 Å². The van der Waals surface area contributed by atoms with Crippen LogP contribution >= 0.6 is 11.8 Å². The average molecular weight is 348 g/mol. The lowest BCUT2D eigenvalue weighted by Crippen LogP contribution is -1.90. The fourth-order valence-electron chi connectivity index (χ4n) is 2.78. The van der Waals surface area contributed by atoms with Crippen LogP contribution in [0.15, 0.2) is 66.1 Å². The van der Waals surface area contributed by atoms with E-state index in [0.717, 1.165) is 38.9 Å². The molecule has 3 heterocycles. The third-order valence-corrected chi connectivity index (χ3v) is 4.54. The number of aromatic nitrogens is 4. The third-order valence-electron chi connectivity index (χ3n) is 3.98. The predicted octanol–water partition coefficient (Wildman–Crippen LogP) is 4.19. The summed E-state index contributed by atoms with van der Waals surface area (Å²) in [6, 6.07) is 15.9.